The van der Waals surface area contributed by atoms with Crippen LogP contribution in [0.25, 0.3) is 0 Å². The van der Waals surface area contributed by atoms with Crippen LogP contribution in [0.3, 0.4) is 0 Å². The van der Waals surface area contributed by atoms with E-state index in [2.05, 4.69) is 0 Å². The summed E-state index contributed by atoms with van der Waals surface area (Å²) in [6.45, 7) is 3.96. The molecule has 2 aromatic rings. The highest BCUT2D eigenvalue weighted by molar-refractivity contribution is 6.08. The first-order valence-corrected chi connectivity index (χ1v) is 6.66. The largest absolute Gasteiger partial charge is 0.507 e. The molecule has 4 heteroatoms. The number of rotatable bonds is 3. The molecule has 21 heavy (non-hydrogen) atoms. The van der Waals surface area contributed by atoms with E-state index in [0.29, 0.717) is 5.75 Å². The topological polar surface area (TPSA) is 49.8 Å². The zero-order chi connectivity index (χ0) is 15.6. The number of amides is 1. The second-order valence-electron chi connectivity index (χ2n) is 5.04. The second-order valence-corrected chi connectivity index (χ2v) is 5.04. The molecular formula is C17H19NO3. The molecule has 0 aliphatic rings. The molecule has 0 unspecified atom stereocenters. The minimum absolute atomic E-state index is 0.0579. The highest BCUT2D eigenvalue weighted by Crippen LogP contribution is 2.27. The van der Waals surface area contributed by atoms with Crippen LogP contribution in [0, 0.1) is 13.8 Å². The van der Waals surface area contributed by atoms with Crippen LogP contribution in [0.4, 0.5) is 5.69 Å². The lowest BCUT2D eigenvalue weighted by Gasteiger charge is -2.20. The number of benzene rings is 2. The quantitative estimate of drug-likeness (QED) is 0.941. The third kappa shape index (κ3) is 2.99. The van der Waals surface area contributed by atoms with E-state index in [-0.39, 0.29) is 17.2 Å². The molecule has 0 saturated heterocycles. The molecule has 0 aromatic heterocycles. The van der Waals surface area contributed by atoms with Crippen molar-refractivity contribution >= 4 is 11.6 Å². The van der Waals surface area contributed by atoms with Gasteiger partial charge in [0.2, 0.25) is 0 Å². The van der Waals surface area contributed by atoms with Gasteiger partial charge in [-0.05, 0) is 43.7 Å². The lowest BCUT2D eigenvalue weighted by Crippen LogP contribution is -2.27. The first-order chi connectivity index (χ1) is 9.93. The number of aryl methyl sites for hydroxylation is 2. The van der Waals surface area contributed by atoms with Crippen molar-refractivity contribution in [2.45, 2.75) is 13.8 Å². The average Bonchev–Trinajstić information content (AvgIpc) is 2.46. The van der Waals surface area contributed by atoms with Crippen LogP contribution in [0.5, 0.6) is 11.5 Å². The van der Waals surface area contributed by atoms with Crippen molar-refractivity contribution in [3.05, 3.63) is 53.1 Å². The van der Waals surface area contributed by atoms with Crippen molar-refractivity contribution in [3.63, 3.8) is 0 Å². The Morgan fingerprint density at radius 3 is 2.48 bits per heavy atom. The van der Waals surface area contributed by atoms with Gasteiger partial charge < -0.3 is 14.7 Å². The van der Waals surface area contributed by atoms with Crippen LogP contribution in [0.1, 0.15) is 21.5 Å². The normalized spacial score (nSPS) is 10.3. The zero-order valence-corrected chi connectivity index (χ0v) is 12.7. The molecule has 0 aliphatic carbocycles. The smallest absolute Gasteiger partial charge is 0.261 e. The van der Waals surface area contributed by atoms with Gasteiger partial charge in [-0.2, -0.15) is 0 Å². The second kappa shape index (κ2) is 5.87. The van der Waals surface area contributed by atoms with E-state index in [1.165, 1.54) is 24.1 Å². The lowest BCUT2D eigenvalue weighted by molar-refractivity contribution is 0.0990. The Hall–Kier alpha value is -2.49. The molecule has 110 valence electrons. The summed E-state index contributed by atoms with van der Waals surface area (Å²) in [5.41, 5.74) is 3.18. The SMILES string of the molecule is COc1ccc(O)c(C(=O)N(C)c2ccc(C)cc2C)c1. The molecule has 0 saturated carbocycles. The van der Waals surface area contributed by atoms with Crippen LogP contribution in [-0.2, 0) is 0 Å². The van der Waals surface area contributed by atoms with Crippen LogP contribution >= 0.6 is 0 Å². The minimum atomic E-state index is -0.279. The molecule has 0 aliphatic heterocycles. The summed E-state index contributed by atoms with van der Waals surface area (Å²) in [5, 5.41) is 9.91. The summed E-state index contributed by atoms with van der Waals surface area (Å²) in [6, 6.07) is 10.5. The van der Waals surface area contributed by atoms with Crippen LogP contribution in [0.2, 0.25) is 0 Å². The predicted octanol–water partition coefficient (Wildman–Crippen LogP) is 3.29. The number of nitrogens with zero attached hydrogens (tertiary/aromatic N) is 1. The van der Waals surface area contributed by atoms with Gasteiger partial charge in [0.05, 0.1) is 12.7 Å². The highest BCUT2D eigenvalue weighted by Gasteiger charge is 2.19. The number of hydrogen-bond acceptors (Lipinski definition) is 3. The fourth-order valence-electron chi connectivity index (χ4n) is 2.29. The van der Waals surface area contributed by atoms with E-state index in [9.17, 15) is 9.90 Å². The van der Waals surface area contributed by atoms with Crippen molar-refractivity contribution < 1.29 is 14.6 Å². The maximum atomic E-state index is 12.6. The fraction of sp³-hybridized carbons (Fsp3) is 0.235. The van der Waals surface area contributed by atoms with Crippen molar-refractivity contribution in [1.82, 2.24) is 0 Å². The van der Waals surface area contributed by atoms with E-state index in [1.807, 2.05) is 32.0 Å². The Morgan fingerprint density at radius 2 is 1.86 bits per heavy atom. The van der Waals surface area contributed by atoms with Crippen molar-refractivity contribution in [2.24, 2.45) is 0 Å². The molecule has 0 spiro atoms. The van der Waals surface area contributed by atoms with Gasteiger partial charge in [0.1, 0.15) is 11.5 Å². The molecule has 1 N–H and O–H groups in total. The maximum absolute atomic E-state index is 12.6. The average molecular weight is 285 g/mol. The standard InChI is InChI=1S/C17H19NO3/c1-11-5-7-15(12(2)9-11)18(3)17(20)14-10-13(21-4)6-8-16(14)19/h5-10,19H,1-4H3. The van der Waals surface area contributed by atoms with E-state index >= 15 is 0 Å². The number of anilines is 1. The van der Waals surface area contributed by atoms with E-state index in [0.717, 1.165) is 16.8 Å². The molecule has 1 amide bonds. The molecule has 2 aromatic carbocycles. The number of phenolic OH excluding ortho intramolecular Hbond substituents is 1. The summed E-state index contributed by atoms with van der Waals surface area (Å²) in [5.74, 6) is 0.195. The summed E-state index contributed by atoms with van der Waals surface area (Å²) < 4.78 is 5.10. The van der Waals surface area contributed by atoms with Gasteiger partial charge in [-0.15, -0.1) is 0 Å². The van der Waals surface area contributed by atoms with Gasteiger partial charge in [0.15, 0.2) is 0 Å². The summed E-state index contributed by atoms with van der Waals surface area (Å²) >= 11 is 0. The Balaban J connectivity index is 2.39. The third-order valence-corrected chi connectivity index (χ3v) is 3.45. The highest BCUT2D eigenvalue weighted by atomic mass is 16.5. The molecule has 0 atom stereocenters. The lowest BCUT2D eigenvalue weighted by atomic mass is 10.1. The monoisotopic (exact) mass is 285 g/mol. The number of ether oxygens (including phenoxy) is 1. The number of aromatic hydroxyl groups is 1. The Bertz CT molecular complexity index is 680. The van der Waals surface area contributed by atoms with Gasteiger partial charge in [-0.1, -0.05) is 17.7 Å². The molecule has 4 nitrogen and oxygen atoms in total. The first-order valence-electron chi connectivity index (χ1n) is 6.66. The number of carbonyl (C=O) groups excluding carboxylic acids is 1. The molecule has 2 rings (SSSR count). The number of phenols is 1. The molecule has 0 radical (unpaired) electrons. The summed E-state index contributed by atoms with van der Waals surface area (Å²) in [7, 11) is 3.22. The fourth-order valence-corrected chi connectivity index (χ4v) is 2.29. The maximum Gasteiger partial charge on any atom is 0.261 e. The Morgan fingerprint density at radius 1 is 1.14 bits per heavy atom. The zero-order valence-electron chi connectivity index (χ0n) is 12.7. The molecule has 0 heterocycles. The van der Waals surface area contributed by atoms with E-state index < -0.39 is 0 Å². The van der Waals surface area contributed by atoms with Crippen molar-refractivity contribution in [1.29, 1.82) is 0 Å². The Kier molecular flexibility index (Phi) is 4.17. The van der Waals surface area contributed by atoms with Crippen LogP contribution in [0.15, 0.2) is 36.4 Å². The third-order valence-electron chi connectivity index (χ3n) is 3.45. The molecule has 0 bridgehead atoms. The Labute approximate surface area is 124 Å². The summed E-state index contributed by atoms with van der Waals surface area (Å²) in [6.07, 6.45) is 0. The van der Waals surface area contributed by atoms with E-state index in [4.69, 9.17) is 4.74 Å². The van der Waals surface area contributed by atoms with E-state index in [1.54, 1.807) is 13.1 Å². The van der Waals surface area contributed by atoms with Gasteiger partial charge in [0.25, 0.3) is 5.91 Å². The van der Waals surface area contributed by atoms with Gasteiger partial charge in [-0.3, -0.25) is 4.79 Å². The van der Waals surface area contributed by atoms with Crippen LogP contribution in [-0.4, -0.2) is 25.2 Å². The van der Waals surface area contributed by atoms with Crippen molar-refractivity contribution in [3.8, 4) is 11.5 Å². The number of hydrogen-bond donors (Lipinski definition) is 1. The summed E-state index contributed by atoms with van der Waals surface area (Å²) in [4.78, 5) is 14.1. The predicted molar refractivity (Wildman–Crippen MR) is 83.3 cm³/mol. The molecular weight excluding hydrogens is 266 g/mol. The molecule has 0 fully saturated rings. The van der Waals surface area contributed by atoms with Gasteiger partial charge in [0, 0.05) is 12.7 Å². The number of carbonyl (C=O) groups is 1. The number of methoxy groups -OCH3 is 1. The van der Waals surface area contributed by atoms with Gasteiger partial charge >= 0.3 is 0 Å². The minimum Gasteiger partial charge on any atom is -0.507 e. The van der Waals surface area contributed by atoms with Crippen molar-refractivity contribution in [2.75, 3.05) is 19.1 Å². The van der Waals surface area contributed by atoms with Gasteiger partial charge in [-0.25, -0.2) is 0 Å². The van der Waals surface area contributed by atoms with Crippen LogP contribution < -0.4 is 9.64 Å². The first kappa shape index (κ1) is 14.9.